The Morgan fingerprint density at radius 3 is 2.27 bits per heavy atom. The first-order valence-electron chi connectivity index (χ1n) is 12.3. The lowest BCUT2D eigenvalue weighted by Gasteiger charge is -2.23. The maximum atomic E-state index is 11.4. The number of anilines is 1. The first kappa shape index (κ1) is 32.3. The van der Waals surface area contributed by atoms with Gasteiger partial charge in [0.1, 0.15) is 11.5 Å². The molecule has 1 aliphatic rings. The Morgan fingerprint density at radius 1 is 0.976 bits per heavy atom. The van der Waals surface area contributed by atoms with Crippen molar-refractivity contribution in [3.05, 3.63) is 73.6 Å². The van der Waals surface area contributed by atoms with Crippen molar-refractivity contribution < 1.29 is 36.2 Å². The summed E-state index contributed by atoms with van der Waals surface area (Å²) in [5.41, 5.74) is 2.22. The maximum absolute atomic E-state index is 11.4. The Morgan fingerprint density at radius 2 is 1.61 bits per heavy atom. The number of hydrogen-bond donors (Lipinski definition) is 4. The van der Waals surface area contributed by atoms with E-state index in [-0.39, 0.29) is 13.0 Å². The molecule has 222 valence electrons. The molecule has 2 atom stereocenters. The molecule has 0 saturated heterocycles. The van der Waals surface area contributed by atoms with E-state index < -0.39 is 43.9 Å². The Balaban J connectivity index is 1.75. The van der Waals surface area contributed by atoms with Crippen molar-refractivity contribution >= 4 is 88.4 Å². The number of halogens is 2. The fourth-order valence-corrected chi connectivity index (χ4v) is 8.31. The molecule has 2 heterocycles. The lowest BCUT2D eigenvalue weighted by atomic mass is 10.0. The highest BCUT2D eigenvalue weighted by Gasteiger charge is 2.29. The van der Waals surface area contributed by atoms with Crippen molar-refractivity contribution in [1.29, 1.82) is 0 Å². The Bertz CT molecular complexity index is 1740. The van der Waals surface area contributed by atoms with E-state index in [0.717, 1.165) is 25.4 Å². The molecule has 0 amide bonds. The molecule has 0 saturated carbocycles. The molecule has 1 aromatic heterocycles. The van der Waals surface area contributed by atoms with Crippen LogP contribution in [-0.4, -0.2) is 66.4 Å². The lowest BCUT2D eigenvalue weighted by Crippen LogP contribution is -2.34. The summed E-state index contributed by atoms with van der Waals surface area (Å²) in [7, 11) is -8.79. The van der Waals surface area contributed by atoms with Crippen LogP contribution in [0.25, 0.3) is 16.2 Å². The van der Waals surface area contributed by atoms with Crippen LogP contribution >= 0.6 is 46.3 Å². The molecule has 4 rings (SSSR count). The van der Waals surface area contributed by atoms with Gasteiger partial charge in [0.25, 0.3) is 20.2 Å². The number of thiophene rings is 1. The average molecular weight is 681 g/mol. The van der Waals surface area contributed by atoms with E-state index in [1.807, 2.05) is 31.2 Å². The predicted molar refractivity (Wildman–Crippen MR) is 166 cm³/mol. The average Bonchev–Trinajstić information content (AvgIpc) is 3.33. The summed E-state index contributed by atoms with van der Waals surface area (Å²) in [6.45, 7) is 1.83. The molecule has 3 aromatic rings. The van der Waals surface area contributed by atoms with Gasteiger partial charge in [-0.3, -0.25) is 9.11 Å². The molecule has 41 heavy (non-hydrogen) atoms. The molecule has 2 aromatic carbocycles. The minimum Gasteiger partial charge on any atom is -0.392 e. The van der Waals surface area contributed by atoms with Gasteiger partial charge in [-0.15, -0.1) is 11.3 Å². The van der Waals surface area contributed by atoms with Crippen LogP contribution in [0.4, 0.5) is 5.69 Å². The van der Waals surface area contributed by atoms with Crippen LogP contribution < -0.4 is 4.90 Å². The van der Waals surface area contributed by atoms with Gasteiger partial charge in [-0.2, -0.15) is 16.8 Å². The normalized spacial score (nSPS) is 16.9. The van der Waals surface area contributed by atoms with Crippen molar-refractivity contribution in [2.24, 2.45) is 0 Å². The topological polar surface area (TPSA) is 152 Å². The zero-order valence-corrected chi connectivity index (χ0v) is 26.3. The van der Waals surface area contributed by atoms with Gasteiger partial charge in [0.05, 0.1) is 29.5 Å². The van der Waals surface area contributed by atoms with E-state index in [1.165, 1.54) is 23.1 Å². The number of aliphatic hydroxyl groups excluding tert-OH is 2. The number of rotatable bonds is 11. The fraction of sp³-hybridized carbons (Fsp3) is 0.308. The first-order chi connectivity index (χ1) is 19.1. The van der Waals surface area contributed by atoms with E-state index in [0.29, 0.717) is 32.7 Å². The van der Waals surface area contributed by atoms with Gasteiger partial charge in [-0.1, -0.05) is 41.9 Å². The zero-order chi connectivity index (χ0) is 30.1. The van der Waals surface area contributed by atoms with E-state index in [1.54, 1.807) is 29.2 Å². The Hall–Kier alpha value is -1.65. The van der Waals surface area contributed by atoms with Gasteiger partial charge >= 0.3 is 0 Å². The number of β-amino-alcohol motifs (C(OH)–C–C–N with tert-alkyl or cyclic N) is 1. The monoisotopic (exact) mass is 679 g/mol. The summed E-state index contributed by atoms with van der Waals surface area (Å²) in [5, 5.41) is 23.3. The summed E-state index contributed by atoms with van der Waals surface area (Å²) < 4.78 is 64.8. The zero-order valence-electron chi connectivity index (χ0n) is 21.6. The number of aliphatic hydroxyl groups is 2. The summed E-state index contributed by atoms with van der Waals surface area (Å²) in [4.78, 5) is 3.36. The molecule has 0 fully saturated rings. The van der Waals surface area contributed by atoms with Crippen LogP contribution in [0.5, 0.6) is 0 Å². The molecule has 0 spiro atoms. The van der Waals surface area contributed by atoms with Crippen LogP contribution in [0.15, 0.2) is 58.0 Å². The van der Waals surface area contributed by atoms with Crippen LogP contribution in [0.1, 0.15) is 23.8 Å². The molecular weight excluding hydrogens is 653 g/mol. The van der Waals surface area contributed by atoms with E-state index in [9.17, 15) is 36.2 Å². The SMILES string of the molecule is CCC(=Cc1sc2ccc(Cl)cc2c1CC(O)CS(=O)(=O)O)/C=C1\Sc2ccc(Cl)cc2N1CC(O)CS(=O)(=O)O. The molecule has 9 nitrogen and oxygen atoms in total. The Labute approximate surface area is 256 Å². The molecule has 2 unspecified atom stereocenters. The maximum Gasteiger partial charge on any atom is 0.267 e. The number of nitrogens with zero attached hydrogens (tertiary/aromatic N) is 1. The molecule has 1 aliphatic heterocycles. The molecule has 15 heteroatoms. The number of fused-ring (bicyclic) bond motifs is 2. The molecule has 0 radical (unpaired) electrons. The third kappa shape index (κ3) is 8.69. The van der Waals surface area contributed by atoms with Crippen LogP contribution in [-0.2, 0) is 26.7 Å². The summed E-state index contributed by atoms with van der Waals surface area (Å²) in [6.07, 6.45) is 1.63. The van der Waals surface area contributed by atoms with E-state index in [2.05, 4.69) is 0 Å². The van der Waals surface area contributed by atoms with Crippen LogP contribution in [0, 0.1) is 0 Å². The second kappa shape index (κ2) is 12.9. The number of allylic oxidation sites excluding steroid dienone is 2. The van der Waals surface area contributed by atoms with Crippen molar-refractivity contribution in [1.82, 2.24) is 0 Å². The fourth-order valence-electron chi connectivity index (χ4n) is 4.45. The highest BCUT2D eigenvalue weighted by molar-refractivity contribution is 8.03. The standard InChI is InChI=1S/C26H27Cl2NO8S4/c1-2-15(7-25-21(11-18(30)13-40(32,33)34)20-9-16(27)3-5-23(20)38-25)8-26-29(12-19(31)14-41(35,36)37)22-10-17(28)4-6-24(22)39-26/h3-10,18-19,30-31H,2,11-14H2,1H3,(H,32,33,34)(H,35,36,37)/b15-7?,26-8-. The third-order valence-electron chi connectivity index (χ3n) is 6.15. The second-order valence-electron chi connectivity index (χ2n) is 9.47. The van der Waals surface area contributed by atoms with Gasteiger partial charge < -0.3 is 15.1 Å². The van der Waals surface area contributed by atoms with Crippen LogP contribution in [0.3, 0.4) is 0 Å². The van der Waals surface area contributed by atoms with Gasteiger partial charge in [0, 0.05) is 30.9 Å². The number of thioether (sulfide) groups is 1. The van der Waals surface area contributed by atoms with Gasteiger partial charge in [0.2, 0.25) is 0 Å². The largest absolute Gasteiger partial charge is 0.392 e. The van der Waals surface area contributed by atoms with Crippen molar-refractivity contribution in [3.8, 4) is 0 Å². The van der Waals surface area contributed by atoms with Crippen molar-refractivity contribution in [2.75, 3.05) is 23.0 Å². The molecule has 0 aliphatic carbocycles. The van der Waals surface area contributed by atoms with E-state index in [4.69, 9.17) is 23.2 Å². The van der Waals surface area contributed by atoms with E-state index >= 15 is 0 Å². The van der Waals surface area contributed by atoms with Gasteiger partial charge in [-0.05, 0) is 71.5 Å². The predicted octanol–water partition coefficient (Wildman–Crippen LogP) is 5.50. The number of benzene rings is 2. The van der Waals surface area contributed by atoms with Gasteiger partial charge in [-0.25, -0.2) is 0 Å². The Kier molecular flexibility index (Phi) is 10.2. The minimum absolute atomic E-state index is 0.0355. The molecule has 4 N–H and O–H groups in total. The molecule has 0 bridgehead atoms. The highest BCUT2D eigenvalue weighted by atomic mass is 35.5. The minimum atomic E-state index is -4.40. The highest BCUT2D eigenvalue weighted by Crippen LogP contribution is 2.47. The summed E-state index contributed by atoms with van der Waals surface area (Å²) in [5.74, 6) is -1.63. The lowest BCUT2D eigenvalue weighted by molar-refractivity contribution is 0.195. The van der Waals surface area contributed by atoms with Gasteiger partial charge in [0.15, 0.2) is 0 Å². The number of hydrogen-bond acceptors (Lipinski definition) is 9. The van der Waals surface area contributed by atoms with Crippen molar-refractivity contribution in [2.45, 2.75) is 36.9 Å². The third-order valence-corrected chi connectivity index (χ3v) is 10.5. The smallest absolute Gasteiger partial charge is 0.267 e. The van der Waals surface area contributed by atoms with Crippen LogP contribution in [0.2, 0.25) is 10.0 Å². The second-order valence-corrected chi connectivity index (χ2v) is 15.5. The molecular formula is C26H27Cl2NO8S4. The first-order valence-corrected chi connectivity index (χ1v) is 17.9. The summed E-state index contributed by atoms with van der Waals surface area (Å²) >= 11 is 15.3. The quantitative estimate of drug-likeness (QED) is 0.191. The van der Waals surface area contributed by atoms with Crippen molar-refractivity contribution in [3.63, 3.8) is 0 Å². The summed E-state index contributed by atoms with van der Waals surface area (Å²) in [6, 6.07) is 10.6.